The molecule has 0 spiro atoms. The summed E-state index contributed by atoms with van der Waals surface area (Å²) in [6.07, 6.45) is 3.32. The van der Waals surface area contributed by atoms with Crippen molar-refractivity contribution < 1.29 is 19.1 Å². The molecule has 3 aromatic carbocycles. The van der Waals surface area contributed by atoms with Gasteiger partial charge in [0, 0.05) is 32.8 Å². The van der Waals surface area contributed by atoms with E-state index in [-0.39, 0.29) is 11.7 Å². The van der Waals surface area contributed by atoms with Gasteiger partial charge in [0.15, 0.2) is 5.78 Å². The lowest BCUT2D eigenvalue weighted by Crippen LogP contribution is -2.22. The predicted molar refractivity (Wildman–Crippen MR) is 181 cm³/mol. The first-order valence-electron chi connectivity index (χ1n) is 14.0. The first-order valence-corrected chi connectivity index (χ1v) is 15.7. The monoisotopic (exact) mass is 631 g/mol. The normalized spacial score (nSPS) is 11.5. The van der Waals surface area contributed by atoms with E-state index in [1.54, 1.807) is 75.0 Å². The van der Waals surface area contributed by atoms with Gasteiger partial charge in [0.05, 0.1) is 30.7 Å². The Kier molecular flexibility index (Phi) is 10.1. The summed E-state index contributed by atoms with van der Waals surface area (Å²) in [7, 11) is 3.15. The lowest BCUT2D eigenvalue weighted by Gasteiger charge is -2.17. The Bertz CT molecular complexity index is 1880. The Hall–Kier alpha value is -5.17. The fourth-order valence-electron chi connectivity index (χ4n) is 4.53. The number of hydrogen-bond acceptors (Lipinski definition) is 8. The van der Waals surface area contributed by atoms with Gasteiger partial charge in [0.1, 0.15) is 22.6 Å². The molecular weight excluding hydrogens is 603 g/mol. The molecule has 1 atom stereocenters. The van der Waals surface area contributed by atoms with E-state index in [1.807, 2.05) is 60.0 Å². The Balaban J connectivity index is 1.41. The number of benzene rings is 3. The molecule has 7 nitrogen and oxygen atoms in total. The quantitative estimate of drug-likeness (QED) is 0.0888. The molecule has 5 rings (SSSR count). The van der Waals surface area contributed by atoms with Crippen LogP contribution in [-0.2, 0) is 4.79 Å². The number of hydrogen-bond donors (Lipinski definition) is 1. The molecule has 0 saturated heterocycles. The highest BCUT2D eigenvalue weighted by atomic mass is 32.2. The Labute approximate surface area is 270 Å². The van der Waals surface area contributed by atoms with Gasteiger partial charge in [-0.15, -0.1) is 11.3 Å². The summed E-state index contributed by atoms with van der Waals surface area (Å²) >= 11 is 2.75. The molecule has 224 valence electrons. The van der Waals surface area contributed by atoms with Crippen molar-refractivity contribution in [3.8, 4) is 40.0 Å². The number of methoxy groups -OCH3 is 2. The summed E-state index contributed by atoms with van der Waals surface area (Å²) in [4.78, 5) is 31.7. The molecule has 0 fully saturated rings. The molecule has 0 radical (unpaired) electrons. The van der Waals surface area contributed by atoms with Crippen molar-refractivity contribution in [1.29, 1.82) is 5.26 Å². The van der Waals surface area contributed by atoms with E-state index in [1.165, 1.54) is 17.8 Å². The van der Waals surface area contributed by atoms with E-state index < -0.39 is 5.25 Å². The number of thioether (sulfide) groups is 1. The Morgan fingerprint density at radius 3 is 2.40 bits per heavy atom. The molecule has 2 aromatic heterocycles. The number of thiophene rings is 1. The summed E-state index contributed by atoms with van der Waals surface area (Å²) < 4.78 is 11.1. The highest BCUT2D eigenvalue weighted by Crippen LogP contribution is 2.40. The SMILES string of the molecule is COc1ccc(OC)c(-c2cc(-c3ccccc3)nc(SC(C)C(=O)Nc3ccc(C(=O)/C=C/c4cccs4)cc3)c2C#N)c1. The highest BCUT2D eigenvalue weighted by molar-refractivity contribution is 8.00. The standard InChI is InChI=1S/C36H29N3O4S2/c1-23(35(41)38-26-13-11-25(12-14-26)33(40)17-16-28-10-7-19-44-28)45-36-31(22-37)29(21-32(39-36)24-8-5-4-6-9-24)30-20-27(42-2)15-18-34(30)43-3/h4-21,23H,1-3H3,(H,38,41)/b17-16+. The molecule has 2 heterocycles. The summed E-state index contributed by atoms with van der Waals surface area (Å²) in [5.74, 6) is 0.791. The Morgan fingerprint density at radius 1 is 0.956 bits per heavy atom. The second-order valence-corrected chi connectivity index (χ2v) is 12.1. The largest absolute Gasteiger partial charge is 0.497 e. The van der Waals surface area contributed by atoms with Crippen LogP contribution in [0.2, 0.25) is 0 Å². The number of carbonyl (C=O) groups is 2. The van der Waals surface area contributed by atoms with Gasteiger partial charge in [-0.2, -0.15) is 5.26 Å². The number of nitriles is 1. The van der Waals surface area contributed by atoms with Crippen LogP contribution < -0.4 is 14.8 Å². The van der Waals surface area contributed by atoms with E-state index >= 15 is 0 Å². The number of ketones is 1. The summed E-state index contributed by atoms with van der Waals surface area (Å²) in [5, 5.41) is 15.0. The topological polar surface area (TPSA) is 101 Å². The molecule has 1 amide bonds. The molecule has 0 aliphatic heterocycles. The number of rotatable bonds is 11. The van der Waals surface area contributed by atoms with Crippen LogP contribution >= 0.6 is 23.1 Å². The number of carbonyl (C=O) groups excluding carboxylic acids is 2. The van der Waals surface area contributed by atoms with Crippen LogP contribution in [0.3, 0.4) is 0 Å². The maximum Gasteiger partial charge on any atom is 0.237 e. The third kappa shape index (κ3) is 7.50. The van der Waals surface area contributed by atoms with Crippen LogP contribution in [-0.4, -0.2) is 36.1 Å². The van der Waals surface area contributed by atoms with Gasteiger partial charge in [-0.05, 0) is 79.1 Å². The smallest absolute Gasteiger partial charge is 0.237 e. The molecule has 0 aliphatic rings. The molecule has 45 heavy (non-hydrogen) atoms. The summed E-state index contributed by atoms with van der Waals surface area (Å²) in [5.41, 5.74) is 4.20. The zero-order valence-electron chi connectivity index (χ0n) is 24.8. The van der Waals surface area contributed by atoms with E-state index in [9.17, 15) is 14.9 Å². The minimum atomic E-state index is -0.606. The highest BCUT2D eigenvalue weighted by Gasteiger charge is 2.23. The van der Waals surface area contributed by atoms with Crippen LogP contribution in [0.1, 0.15) is 27.7 Å². The molecule has 0 bridgehead atoms. The zero-order chi connectivity index (χ0) is 31.8. The Morgan fingerprint density at radius 2 is 1.73 bits per heavy atom. The van der Waals surface area contributed by atoms with Crippen molar-refractivity contribution in [3.63, 3.8) is 0 Å². The number of pyridine rings is 1. The lowest BCUT2D eigenvalue weighted by molar-refractivity contribution is -0.115. The van der Waals surface area contributed by atoms with Crippen molar-refractivity contribution in [2.45, 2.75) is 17.2 Å². The molecule has 1 unspecified atom stereocenters. The van der Waals surface area contributed by atoms with Crippen LogP contribution in [0.5, 0.6) is 11.5 Å². The van der Waals surface area contributed by atoms with Crippen LogP contribution in [0, 0.1) is 11.3 Å². The minimum absolute atomic E-state index is 0.123. The second-order valence-electron chi connectivity index (χ2n) is 9.82. The van der Waals surface area contributed by atoms with Gasteiger partial charge in [0.25, 0.3) is 0 Å². The molecule has 9 heteroatoms. The maximum absolute atomic E-state index is 13.3. The van der Waals surface area contributed by atoms with Crippen LogP contribution in [0.25, 0.3) is 28.5 Å². The van der Waals surface area contributed by atoms with Crippen molar-refractivity contribution >= 4 is 46.6 Å². The number of amides is 1. The number of anilines is 1. The van der Waals surface area contributed by atoms with E-state index in [0.29, 0.717) is 50.2 Å². The van der Waals surface area contributed by atoms with E-state index in [4.69, 9.17) is 14.5 Å². The second kappa shape index (κ2) is 14.5. The third-order valence-corrected chi connectivity index (χ3v) is 8.83. The molecular formula is C36H29N3O4S2. The predicted octanol–water partition coefficient (Wildman–Crippen LogP) is 8.38. The molecule has 0 aliphatic carbocycles. The zero-order valence-corrected chi connectivity index (χ0v) is 26.4. The van der Waals surface area contributed by atoms with Gasteiger partial charge in [-0.3, -0.25) is 9.59 Å². The maximum atomic E-state index is 13.3. The van der Waals surface area contributed by atoms with Crippen molar-refractivity contribution in [2.24, 2.45) is 0 Å². The van der Waals surface area contributed by atoms with E-state index in [2.05, 4.69) is 11.4 Å². The number of aromatic nitrogens is 1. The van der Waals surface area contributed by atoms with E-state index in [0.717, 1.165) is 10.4 Å². The first-order chi connectivity index (χ1) is 21.9. The van der Waals surface area contributed by atoms with Crippen molar-refractivity contribution in [3.05, 3.63) is 118 Å². The van der Waals surface area contributed by atoms with Gasteiger partial charge in [0.2, 0.25) is 5.91 Å². The number of nitrogens with one attached hydrogen (secondary N) is 1. The van der Waals surface area contributed by atoms with Gasteiger partial charge < -0.3 is 14.8 Å². The molecule has 1 N–H and O–H groups in total. The van der Waals surface area contributed by atoms with Gasteiger partial charge in [-0.1, -0.05) is 48.2 Å². The van der Waals surface area contributed by atoms with Crippen molar-refractivity contribution in [2.75, 3.05) is 19.5 Å². The average molecular weight is 632 g/mol. The van der Waals surface area contributed by atoms with Gasteiger partial charge >= 0.3 is 0 Å². The average Bonchev–Trinajstić information content (AvgIpc) is 3.61. The molecule has 5 aromatic rings. The number of allylic oxidation sites excluding steroid dienone is 1. The number of ether oxygens (including phenoxy) is 2. The third-order valence-electron chi connectivity index (χ3n) is 6.90. The van der Waals surface area contributed by atoms with Crippen LogP contribution in [0.15, 0.2) is 107 Å². The first kappa shape index (κ1) is 31.3. The summed E-state index contributed by atoms with van der Waals surface area (Å²) in [6.45, 7) is 1.76. The fourth-order valence-corrected chi connectivity index (χ4v) is 6.07. The number of nitrogens with zero attached hydrogens (tertiary/aromatic N) is 2. The van der Waals surface area contributed by atoms with Crippen molar-refractivity contribution in [1.82, 2.24) is 4.98 Å². The molecule has 0 saturated carbocycles. The van der Waals surface area contributed by atoms with Crippen LogP contribution in [0.4, 0.5) is 5.69 Å². The van der Waals surface area contributed by atoms with Gasteiger partial charge in [-0.25, -0.2) is 4.98 Å². The minimum Gasteiger partial charge on any atom is -0.497 e. The fraction of sp³-hybridized carbons (Fsp3) is 0.111. The lowest BCUT2D eigenvalue weighted by atomic mass is 9.98. The summed E-state index contributed by atoms with van der Waals surface area (Å²) in [6, 6.07) is 29.9.